The number of ether oxygens (including phenoxy) is 4. The van der Waals surface area contributed by atoms with Crippen LogP contribution < -0.4 is 0 Å². The van der Waals surface area contributed by atoms with Crippen LogP contribution in [0, 0.1) is 0 Å². The van der Waals surface area contributed by atoms with Crippen LogP contribution >= 0.6 is 0 Å². The number of rotatable bonds is 10. The van der Waals surface area contributed by atoms with E-state index in [4.69, 9.17) is 18.9 Å². The van der Waals surface area contributed by atoms with Crippen molar-refractivity contribution in [2.24, 2.45) is 0 Å². The van der Waals surface area contributed by atoms with Crippen LogP contribution in [-0.2, 0) is 45.0 Å². The molecular weight excluding hydrogens is 448 g/mol. The average Bonchev–Trinajstić information content (AvgIpc) is 2.94. The highest BCUT2D eigenvalue weighted by Crippen LogP contribution is 2.24. The molecule has 2 aliphatic heterocycles. The summed E-state index contributed by atoms with van der Waals surface area (Å²) in [6.45, 7) is 2.79. The fourth-order valence-electron chi connectivity index (χ4n) is 5.10. The summed E-state index contributed by atoms with van der Waals surface area (Å²) >= 11 is 0. The highest BCUT2D eigenvalue weighted by atomic mass is 16.7. The van der Waals surface area contributed by atoms with E-state index in [1.54, 1.807) is 0 Å². The molecule has 0 aliphatic carbocycles. The lowest BCUT2D eigenvalue weighted by atomic mass is 9.92. The van der Waals surface area contributed by atoms with Crippen LogP contribution in [0.25, 0.3) is 0 Å². The molecule has 0 saturated carbocycles. The molecule has 0 bridgehead atoms. The molecule has 190 valence electrons. The van der Waals surface area contributed by atoms with Crippen molar-refractivity contribution in [3.05, 3.63) is 106 Å². The smallest absolute Gasteiger partial charge is 0.158 e. The summed E-state index contributed by atoms with van der Waals surface area (Å²) in [5.41, 5.74) is 7.81. The predicted molar refractivity (Wildman–Crippen MR) is 142 cm³/mol. The van der Waals surface area contributed by atoms with Gasteiger partial charge in [-0.05, 0) is 84.7 Å². The molecule has 0 N–H and O–H groups in total. The zero-order chi connectivity index (χ0) is 24.4. The van der Waals surface area contributed by atoms with Gasteiger partial charge in [0.2, 0.25) is 0 Å². The molecule has 2 unspecified atom stereocenters. The Morgan fingerprint density at radius 2 is 0.861 bits per heavy atom. The summed E-state index contributed by atoms with van der Waals surface area (Å²) in [4.78, 5) is 0. The Bertz CT molecular complexity index is 996. The van der Waals surface area contributed by atoms with Crippen molar-refractivity contribution in [3.63, 3.8) is 0 Å². The van der Waals surface area contributed by atoms with Gasteiger partial charge in [-0.25, -0.2) is 0 Å². The molecule has 2 atom stereocenters. The van der Waals surface area contributed by atoms with Gasteiger partial charge in [0.05, 0.1) is 13.2 Å². The topological polar surface area (TPSA) is 36.9 Å². The molecule has 3 aromatic rings. The molecule has 0 radical (unpaired) electrons. The molecule has 2 saturated heterocycles. The Balaban J connectivity index is 1.27. The van der Waals surface area contributed by atoms with E-state index in [9.17, 15) is 0 Å². The largest absolute Gasteiger partial charge is 0.353 e. The monoisotopic (exact) mass is 486 g/mol. The van der Waals surface area contributed by atoms with E-state index in [-0.39, 0.29) is 12.6 Å². The van der Waals surface area contributed by atoms with Crippen LogP contribution in [0.4, 0.5) is 0 Å². The molecule has 2 fully saturated rings. The number of hydrogen-bond donors (Lipinski definition) is 0. The van der Waals surface area contributed by atoms with E-state index in [0.717, 1.165) is 51.7 Å². The van der Waals surface area contributed by atoms with Crippen molar-refractivity contribution in [2.75, 3.05) is 13.2 Å². The third kappa shape index (κ3) is 7.04. The van der Waals surface area contributed by atoms with E-state index in [2.05, 4.69) is 72.8 Å². The highest BCUT2D eigenvalue weighted by Gasteiger charge is 2.17. The van der Waals surface area contributed by atoms with Crippen LogP contribution in [0.15, 0.2) is 72.8 Å². The quantitative estimate of drug-likeness (QED) is 0.311. The van der Waals surface area contributed by atoms with Gasteiger partial charge < -0.3 is 18.9 Å². The van der Waals surface area contributed by atoms with Crippen LogP contribution in [0.5, 0.6) is 0 Å². The van der Waals surface area contributed by atoms with Gasteiger partial charge in [-0.2, -0.15) is 0 Å². The van der Waals surface area contributed by atoms with E-state index < -0.39 is 0 Å². The van der Waals surface area contributed by atoms with Gasteiger partial charge in [0.1, 0.15) is 0 Å². The lowest BCUT2D eigenvalue weighted by Crippen LogP contribution is -2.22. The first-order valence-electron chi connectivity index (χ1n) is 13.5. The summed E-state index contributed by atoms with van der Waals surface area (Å²) in [5, 5.41) is 0. The molecule has 0 aromatic heterocycles. The fraction of sp³-hybridized carbons (Fsp3) is 0.438. The Labute approximate surface area is 215 Å². The maximum atomic E-state index is 6.12. The van der Waals surface area contributed by atoms with Crippen molar-refractivity contribution in [2.45, 2.75) is 77.2 Å². The Hall–Kier alpha value is -2.50. The number of benzene rings is 3. The summed E-state index contributed by atoms with van der Waals surface area (Å²) < 4.78 is 23.8. The molecule has 2 aliphatic rings. The summed E-state index contributed by atoms with van der Waals surface area (Å²) in [5.74, 6) is 0. The van der Waals surface area contributed by atoms with E-state index in [1.165, 1.54) is 46.2 Å². The van der Waals surface area contributed by atoms with Gasteiger partial charge in [0.15, 0.2) is 12.6 Å². The van der Waals surface area contributed by atoms with E-state index >= 15 is 0 Å². The molecule has 3 aromatic carbocycles. The van der Waals surface area contributed by atoms with Gasteiger partial charge in [0.25, 0.3) is 0 Å². The van der Waals surface area contributed by atoms with Crippen LogP contribution in [0.1, 0.15) is 71.9 Å². The normalized spacial score (nSPS) is 20.3. The van der Waals surface area contributed by atoms with Crippen LogP contribution in [-0.4, -0.2) is 25.8 Å². The summed E-state index contributed by atoms with van der Waals surface area (Å²) in [6, 6.07) is 26.1. The zero-order valence-corrected chi connectivity index (χ0v) is 21.2. The van der Waals surface area contributed by atoms with Gasteiger partial charge in [-0.1, -0.05) is 72.8 Å². The lowest BCUT2D eigenvalue weighted by molar-refractivity contribution is -0.169. The second-order valence-corrected chi connectivity index (χ2v) is 9.87. The second kappa shape index (κ2) is 13.2. The van der Waals surface area contributed by atoms with E-state index in [0.29, 0.717) is 13.2 Å². The molecule has 0 amide bonds. The van der Waals surface area contributed by atoms with Gasteiger partial charge in [-0.15, -0.1) is 0 Å². The van der Waals surface area contributed by atoms with Crippen molar-refractivity contribution in [1.29, 1.82) is 0 Å². The molecule has 36 heavy (non-hydrogen) atoms. The first kappa shape index (κ1) is 25.2. The van der Waals surface area contributed by atoms with Crippen molar-refractivity contribution < 1.29 is 18.9 Å². The van der Waals surface area contributed by atoms with E-state index in [1.807, 2.05) is 0 Å². The minimum Gasteiger partial charge on any atom is -0.353 e. The van der Waals surface area contributed by atoms with Gasteiger partial charge in [0, 0.05) is 13.2 Å². The second-order valence-electron chi connectivity index (χ2n) is 9.87. The standard InChI is InChI=1S/C32H38O4/c1-2-12-26(22-28-14-4-6-16-30(28)24-36-32-18-8-10-20-34-32)25(11-1)21-27-13-3-5-15-29(27)23-35-31-17-7-9-19-33-31/h1-6,11-16,31-32H,7-10,17-24H2. The molecular formula is C32H38O4. The lowest BCUT2D eigenvalue weighted by Gasteiger charge is -2.23. The Morgan fingerprint density at radius 1 is 0.500 bits per heavy atom. The van der Waals surface area contributed by atoms with Crippen LogP contribution in [0.3, 0.4) is 0 Å². The maximum Gasteiger partial charge on any atom is 0.158 e. The van der Waals surface area contributed by atoms with Crippen molar-refractivity contribution in [3.8, 4) is 0 Å². The molecule has 5 rings (SSSR count). The first-order chi connectivity index (χ1) is 17.8. The summed E-state index contributed by atoms with van der Waals surface area (Å²) in [6.07, 6.45) is 8.23. The minimum atomic E-state index is -0.0724. The minimum absolute atomic E-state index is 0.0724. The van der Waals surface area contributed by atoms with Crippen molar-refractivity contribution >= 4 is 0 Å². The molecule has 0 spiro atoms. The maximum absolute atomic E-state index is 6.12. The first-order valence-corrected chi connectivity index (χ1v) is 13.5. The van der Waals surface area contributed by atoms with Gasteiger partial charge >= 0.3 is 0 Å². The Kier molecular flexibility index (Phi) is 9.20. The van der Waals surface area contributed by atoms with Crippen molar-refractivity contribution in [1.82, 2.24) is 0 Å². The third-order valence-electron chi connectivity index (χ3n) is 7.24. The Morgan fingerprint density at radius 3 is 1.22 bits per heavy atom. The summed E-state index contributed by atoms with van der Waals surface area (Å²) in [7, 11) is 0. The third-order valence-corrected chi connectivity index (χ3v) is 7.24. The predicted octanol–water partition coefficient (Wildman–Crippen LogP) is 6.95. The molecule has 4 nitrogen and oxygen atoms in total. The average molecular weight is 487 g/mol. The zero-order valence-electron chi connectivity index (χ0n) is 21.2. The molecule has 2 heterocycles. The number of hydrogen-bond acceptors (Lipinski definition) is 4. The highest BCUT2D eigenvalue weighted by molar-refractivity contribution is 5.40. The SMILES string of the molecule is c1ccc(Cc2ccccc2Cc2ccccc2COC2CCCCO2)c(COC2CCCCO2)c1. The molecule has 4 heteroatoms. The van der Waals surface area contributed by atoms with Gasteiger partial charge in [-0.3, -0.25) is 0 Å². The van der Waals surface area contributed by atoms with Crippen LogP contribution in [0.2, 0.25) is 0 Å². The fourth-order valence-corrected chi connectivity index (χ4v) is 5.10.